The Balaban J connectivity index is 3.91. The normalized spacial score (nSPS) is 11.8. The Kier molecular flexibility index (Phi) is 9.82. The van der Waals surface area contributed by atoms with Gasteiger partial charge in [-0.25, -0.2) is 9.59 Å². The van der Waals surface area contributed by atoms with Crippen molar-refractivity contribution in [1.29, 1.82) is 0 Å². The van der Waals surface area contributed by atoms with Crippen LogP contribution in [0.2, 0.25) is 0 Å². The topological polar surface area (TPSA) is 76.7 Å². The minimum absolute atomic E-state index is 0.358. The van der Waals surface area contributed by atoms with E-state index in [0.29, 0.717) is 26.3 Å². The Morgan fingerprint density at radius 3 is 1.50 bits per heavy atom. The van der Waals surface area contributed by atoms with Crippen LogP contribution in [-0.2, 0) is 19.1 Å². The van der Waals surface area contributed by atoms with Crippen molar-refractivity contribution >= 4 is 11.9 Å². The number of hydrogen-bond donors (Lipinski definition) is 2. The molecule has 0 fully saturated rings. The van der Waals surface area contributed by atoms with Gasteiger partial charge in [0.15, 0.2) is 0 Å². The van der Waals surface area contributed by atoms with Crippen LogP contribution in [-0.4, -0.2) is 38.2 Å². The fourth-order valence-electron chi connectivity index (χ4n) is 1.34. The molecule has 0 heterocycles. The molecule has 0 spiro atoms. The van der Waals surface area contributed by atoms with Crippen molar-refractivity contribution < 1.29 is 19.1 Å². The molecule has 0 rings (SSSR count). The van der Waals surface area contributed by atoms with Gasteiger partial charge < -0.3 is 20.1 Å². The van der Waals surface area contributed by atoms with Gasteiger partial charge in [0.2, 0.25) is 0 Å². The standard InChI is InChI=1S/C14H24N2O4/c1-5-19-13(17)9-11(3)15-7-8-16-12(4)10-14(18)20-6-2/h9-10,15-16H,5-8H2,1-4H3/b11-9-,12-10+. The Bertz CT molecular complexity index is 339. The van der Waals surface area contributed by atoms with Crippen LogP contribution in [0.3, 0.4) is 0 Å². The number of ether oxygens (including phenoxy) is 2. The fourth-order valence-corrected chi connectivity index (χ4v) is 1.34. The SMILES string of the molecule is CCOC(=O)/C=C(/C)NCCN/C(C)=C/C(=O)OCC. The summed E-state index contributed by atoms with van der Waals surface area (Å²) < 4.78 is 9.58. The zero-order chi connectivity index (χ0) is 15.4. The predicted octanol–water partition coefficient (Wildman–Crippen LogP) is 1.10. The summed E-state index contributed by atoms with van der Waals surface area (Å²) in [5, 5.41) is 6.12. The first kappa shape index (κ1) is 18.0. The molecule has 0 aliphatic carbocycles. The molecule has 2 N–H and O–H groups in total. The molecule has 114 valence electrons. The van der Waals surface area contributed by atoms with E-state index >= 15 is 0 Å². The molecule has 0 saturated carbocycles. The van der Waals surface area contributed by atoms with Crippen molar-refractivity contribution in [3.8, 4) is 0 Å². The maximum absolute atomic E-state index is 11.2. The third kappa shape index (κ3) is 9.99. The second-order valence-electron chi connectivity index (χ2n) is 4.01. The molecule has 0 aliphatic heterocycles. The molecule has 0 aromatic rings. The van der Waals surface area contributed by atoms with Crippen molar-refractivity contribution in [2.45, 2.75) is 27.7 Å². The van der Waals surface area contributed by atoms with Crippen LogP contribution < -0.4 is 10.6 Å². The van der Waals surface area contributed by atoms with Crippen LogP contribution >= 0.6 is 0 Å². The molecule has 0 aromatic heterocycles. The lowest BCUT2D eigenvalue weighted by Gasteiger charge is -2.09. The van der Waals surface area contributed by atoms with Crippen LogP contribution in [0.4, 0.5) is 0 Å². The van der Waals surface area contributed by atoms with Crippen LogP contribution in [0.25, 0.3) is 0 Å². The average Bonchev–Trinajstić information content (AvgIpc) is 2.35. The van der Waals surface area contributed by atoms with Gasteiger partial charge in [-0.15, -0.1) is 0 Å². The molecule has 0 aliphatic rings. The first-order chi connectivity index (χ1) is 9.49. The minimum Gasteiger partial charge on any atom is -0.463 e. The highest BCUT2D eigenvalue weighted by atomic mass is 16.5. The number of nitrogens with one attached hydrogen (secondary N) is 2. The molecule has 0 bridgehead atoms. The monoisotopic (exact) mass is 284 g/mol. The average molecular weight is 284 g/mol. The maximum atomic E-state index is 11.2. The Morgan fingerprint density at radius 1 is 0.850 bits per heavy atom. The largest absolute Gasteiger partial charge is 0.463 e. The lowest BCUT2D eigenvalue weighted by molar-refractivity contribution is -0.138. The quantitative estimate of drug-likeness (QED) is 0.375. The molecule has 0 unspecified atom stereocenters. The molecular formula is C14H24N2O4. The van der Waals surface area contributed by atoms with Crippen LogP contribution in [0.1, 0.15) is 27.7 Å². The molecule has 6 heteroatoms. The van der Waals surface area contributed by atoms with E-state index in [-0.39, 0.29) is 11.9 Å². The zero-order valence-corrected chi connectivity index (χ0v) is 12.6. The van der Waals surface area contributed by atoms with Gasteiger partial charge in [-0.05, 0) is 27.7 Å². The summed E-state index contributed by atoms with van der Waals surface area (Å²) in [7, 11) is 0. The summed E-state index contributed by atoms with van der Waals surface area (Å²) in [5.74, 6) is -0.715. The third-order valence-electron chi connectivity index (χ3n) is 2.17. The summed E-state index contributed by atoms with van der Waals surface area (Å²) in [6.07, 6.45) is 2.82. The summed E-state index contributed by atoms with van der Waals surface area (Å²) in [6.45, 7) is 9.07. The molecule has 0 aromatic carbocycles. The van der Waals surface area contributed by atoms with Crippen molar-refractivity contribution in [3.05, 3.63) is 23.5 Å². The molecule has 20 heavy (non-hydrogen) atoms. The number of hydrogen-bond acceptors (Lipinski definition) is 6. The van der Waals surface area contributed by atoms with Gasteiger partial charge in [-0.3, -0.25) is 0 Å². The third-order valence-corrected chi connectivity index (χ3v) is 2.17. The van der Waals surface area contributed by atoms with E-state index in [2.05, 4.69) is 10.6 Å². The van der Waals surface area contributed by atoms with E-state index < -0.39 is 0 Å². The van der Waals surface area contributed by atoms with E-state index in [1.807, 2.05) is 0 Å². The molecule has 6 nitrogen and oxygen atoms in total. The van der Waals surface area contributed by atoms with Crippen LogP contribution in [0.5, 0.6) is 0 Å². The van der Waals surface area contributed by atoms with E-state index in [9.17, 15) is 9.59 Å². The number of carbonyl (C=O) groups is 2. The summed E-state index contributed by atoms with van der Waals surface area (Å²) in [6, 6.07) is 0. The van der Waals surface area contributed by atoms with Gasteiger partial charge in [0.1, 0.15) is 0 Å². The molecule has 0 atom stereocenters. The summed E-state index contributed by atoms with van der Waals surface area (Å²) >= 11 is 0. The van der Waals surface area contributed by atoms with Crippen LogP contribution in [0.15, 0.2) is 23.5 Å². The fraction of sp³-hybridized carbons (Fsp3) is 0.571. The van der Waals surface area contributed by atoms with E-state index in [1.165, 1.54) is 12.2 Å². The highest BCUT2D eigenvalue weighted by Crippen LogP contribution is 1.91. The first-order valence-electron chi connectivity index (χ1n) is 6.67. The van der Waals surface area contributed by atoms with E-state index in [0.717, 1.165) is 11.4 Å². The molecule has 0 radical (unpaired) electrons. The van der Waals surface area contributed by atoms with Gasteiger partial charge in [0.05, 0.1) is 13.2 Å². The predicted molar refractivity (Wildman–Crippen MR) is 76.8 cm³/mol. The van der Waals surface area contributed by atoms with Crippen molar-refractivity contribution in [2.24, 2.45) is 0 Å². The number of carbonyl (C=O) groups excluding carboxylic acids is 2. The smallest absolute Gasteiger partial charge is 0.332 e. The second kappa shape index (κ2) is 10.9. The number of esters is 2. The van der Waals surface area contributed by atoms with Crippen molar-refractivity contribution in [3.63, 3.8) is 0 Å². The van der Waals surface area contributed by atoms with Crippen molar-refractivity contribution in [2.75, 3.05) is 26.3 Å². The van der Waals surface area contributed by atoms with E-state index in [4.69, 9.17) is 9.47 Å². The maximum Gasteiger partial charge on any atom is 0.332 e. The second-order valence-corrected chi connectivity index (χ2v) is 4.01. The highest BCUT2D eigenvalue weighted by Gasteiger charge is 1.99. The lowest BCUT2D eigenvalue weighted by atomic mass is 10.4. The van der Waals surface area contributed by atoms with Gasteiger partial charge in [-0.1, -0.05) is 0 Å². The minimum atomic E-state index is -0.358. The highest BCUT2D eigenvalue weighted by molar-refractivity contribution is 5.82. The van der Waals surface area contributed by atoms with Gasteiger partial charge in [-0.2, -0.15) is 0 Å². The lowest BCUT2D eigenvalue weighted by Crippen LogP contribution is -2.26. The van der Waals surface area contributed by atoms with Gasteiger partial charge in [0.25, 0.3) is 0 Å². The molecule has 0 saturated heterocycles. The Morgan fingerprint density at radius 2 is 1.20 bits per heavy atom. The van der Waals surface area contributed by atoms with Crippen LogP contribution in [0, 0.1) is 0 Å². The van der Waals surface area contributed by atoms with Crippen molar-refractivity contribution in [1.82, 2.24) is 10.6 Å². The van der Waals surface area contributed by atoms with E-state index in [1.54, 1.807) is 27.7 Å². The summed E-state index contributed by atoms with van der Waals surface area (Å²) in [4.78, 5) is 22.3. The molecular weight excluding hydrogens is 260 g/mol. The first-order valence-corrected chi connectivity index (χ1v) is 6.67. The zero-order valence-electron chi connectivity index (χ0n) is 12.6. The Hall–Kier alpha value is -1.98. The number of allylic oxidation sites excluding steroid dienone is 2. The van der Waals surface area contributed by atoms with Gasteiger partial charge in [0, 0.05) is 36.6 Å². The molecule has 0 amide bonds. The Labute approximate surface area is 120 Å². The summed E-state index contributed by atoms with van der Waals surface area (Å²) in [5.41, 5.74) is 1.47. The van der Waals surface area contributed by atoms with Gasteiger partial charge >= 0.3 is 11.9 Å². The number of rotatable bonds is 9.